The van der Waals surface area contributed by atoms with E-state index in [1.807, 2.05) is 0 Å². The molecule has 7 heteroatoms. The SMILES string of the molecule is CC(=O)N1CCc2c(ccc(Cl)c2S(=O)(=O)Cl)C1. The quantitative estimate of drug-likeness (QED) is 0.747. The second-order valence-corrected chi connectivity index (χ2v) is 7.05. The van der Waals surface area contributed by atoms with Crippen molar-refractivity contribution in [3.05, 3.63) is 28.3 Å². The molecule has 1 aliphatic rings. The van der Waals surface area contributed by atoms with E-state index < -0.39 is 9.05 Å². The Balaban J connectivity index is 2.55. The van der Waals surface area contributed by atoms with Crippen molar-refractivity contribution in [2.75, 3.05) is 6.54 Å². The first-order chi connectivity index (χ1) is 8.30. The Hall–Kier alpha value is -0.780. The van der Waals surface area contributed by atoms with Gasteiger partial charge >= 0.3 is 0 Å². The first-order valence-electron chi connectivity index (χ1n) is 5.31. The van der Waals surface area contributed by atoms with E-state index in [0.717, 1.165) is 5.56 Å². The number of nitrogens with zero attached hydrogens (tertiary/aromatic N) is 1. The Morgan fingerprint density at radius 2 is 2.06 bits per heavy atom. The topological polar surface area (TPSA) is 54.5 Å². The highest BCUT2D eigenvalue weighted by atomic mass is 35.7. The summed E-state index contributed by atoms with van der Waals surface area (Å²) in [7, 11) is 1.53. The molecule has 0 spiro atoms. The molecular weight excluding hydrogens is 297 g/mol. The summed E-state index contributed by atoms with van der Waals surface area (Å²) >= 11 is 5.90. The predicted octanol–water partition coefficient (Wildman–Crippen LogP) is 2.17. The third kappa shape index (κ3) is 2.48. The minimum absolute atomic E-state index is 0.0217. The van der Waals surface area contributed by atoms with Crippen LogP contribution in [-0.2, 0) is 26.8 Å². The van der Waals surface area contributed by atoms with E-state index in [-0.39, 0.29) is 15.8 Å². The molecule has 0 atom stereocenters. The molecular formula is C11H11Cl2NO3S. The largest absolute Gasteiger partial charge is 0.338 e. The molecule has 1 aromatic rings. The molecule has 0 saturated heterocycles. The summed E-state index contributed by atoms with van der Waals surface area (Å²) in [5.74, 6) is -0.0362. The standard InChI is InChI=1S/C11H11Cl2NO3S/c1-7(15)14-5-4-9-8(6-14)2-3-10(12)11(9)18(13,16)17/h2-3H,4-6H2,1H3. The van der Waals surface area contributed by atoms with Crippen molar-refractivity contribution in [3.8, 4) is 0 Å². The molecule has 1 amide bonds. The van der Waals surface area contributed by atoms with Gasteiger partial charge in [0.25, 0.3) is 9.05 Å². The maximum absolute atomic E-state index is 11.5. The van der Waals surface area contributed by atoms with Crippen molar-refractivity contribution >= 4 is 37.2 Å². The van der Waals surface area contributed by atoms with E-state index in [4.69, 9.17) is 22.3 Å². The second-order valence-electron chi connectivity index (χ2n) is 4.14. The Labute approximate surface area is 115 Å². The van der Waals surface area contributed by atoms with Gasteiger partial charge in [0.15, 0.2) is 0 Å². The molecule has 0 fully saturated rings. The van der Waals surface area contributed by atoms with Gasteiger partial charge in [-0.25, -0.2) is 8.42 Å². The van der Waals surface area contributed by atoms with Crippen LogP contribution >= 0.6 is 22.3 Å². The van der Waals surface area contributed by atoms with Crippen molar-refractivity contribution < 1.29 is 13.2 Å². The molecule has 1 aromatic carbocycles. The highest BCUT2D eigenvalue weighted by Crippen LogP contribution is 2.33. The van der Waals surface area contributed by atoms with Crippen molar-refractivity contribution in [1.29, 1.82) is 0 Å². The van der Waals surface area contributed by atoms with Crippen LogP contribution in [0.5, 0.6) is 0 Å². The van der Waals surface area contributed by atoms with E-state index in [1.165, 1.54) is 13.0 Å². The van der Waals surface area contributed by atoms with Gasteiger partial charge in [-0.1, -0.05) is 17.7 Å². The zero-order chi connectivity index (χ0) is 13.5. The van der Waals surface area contributed by atoms with Crippen LogP contribution in [0.1, 0.15) is 18.1 Å². The van der Waals surface area contributed by atoms with Gasteiger partial charge in [0, 0.05) is 30.7 Å². The van der Waals surface area contributed by atoms with Crippen LogP contribution < -0.4 is 0 Å². The van der Waals surface area contributed by atoms with Crippen molar-refractivity contribution in [2.24, 2.45) is 0 Å². The van der Waals surface area contributed by atoms with Gasteiger partial charge in [0.1, 0.15) is 4.90 Å². The van der Waals surface area contributed by atoms with Gasteiger partial charge in [-0.05, 0) is 23.6 Å². The molecule has 98 valence electrons. The number of carbonyl (C=O) groups excluding carboxylic acids is 1. The lowest BCUT2D eigenvalue weighted by Crippen LogP contribution is -2.34. The summed E-state index contributed by atoms with van der Waals surface area (Å²) < 4.78 is 23.1. The lowest BCUT2D eigenvalue weighted by Gasteiger charge is -2.29. The van der Waals surface area contributed by atoms with Crippen LogP contribution in [0, 0.1) is 0 Å². The second kappa shape index (κ2) is 4.72. The van der Waals surface area contributed by atoms with E-state index in [2.05, 4.69) is 0 Å². The number of benzene rings is 1. The fourth-order valence-corrected chi connectivity index (χ4v) is 4.08. The van der Waals surface area contributed by atoms with Gasteiger partial charge in [0.2, 0.25) is 5.91 Å². The number of fused-ring (bicyclic) bond motifs is 1. The molecule has 0 N–H and O–H groups in total. The van der Waals surface area contributed by atoms with Crippen LogP contribution in [0.2, 0.25) is 5.02 Å². The number of rotatable bonds is 1. The molecule has 0 aromatic heterocycles. The number of carbonyl (C=O) groups is 1. The fourth-order valence-electron chi connectivity index (χ4n) is 2.13. The van der Waals surface area contributed by atoms with E-state index >= 15 is 0 Å². The van der Waals surface area contributed by atoms with Crippen LogP contribution in [0.15, 0.2) is 17.0 Å². The average molecular weight is 308 g/mol. The maximum Gasteiger partial charge on any atom is 0.263 e. The van der Waals surface area contributed by atoms with Crippen molar-refractivity contribution in [1.82, 2.24) is 4.90 Å². The molecule has 1 aliphatic heterocycles. The van der Waals surface area contributed by atoms with Gasteiger partial charge in [0.05, 0.1) is 5.02 Å². The van der Waals surface area contributed by atoms with Crippen LogP contribution in [0.4, 0.5) is 0 Å². The Bertz CT molecular complexity index is 613. The van der Waals surface area contributed by atoms with E-state index in [1.54, 1.807) is 11.0 Å². The maximum atomic E-state index is 11.5. The molecule has 0 radical (unpaired) electrons. The monoisotopic (exact) mass is 307 g/mol. The summed E-state index contributed by atoms with van der Waals surface area (Å²) in [6, 6.07) is 3.23. The number of amides is 1. The molecule has 2 rings (SSSR count). The minimum Gasteiger partial charge on any atom is -0.338 e. The molecule has 0 unspecified atom stereocenters. The van der Waals surface area contributed by atoms with Crippen molar-refractivity contribution in [2.45, 2.75) is 24.8 Å². The zero-order valence-electron chi connectivity index (χ0n) is 9.61. The molecule has 18 heavy (non-hydrogen) atoms. The lowest BCUT2D eigenvalue weighted by atomic mass is 10.00. The van der Waals surface area contributed by atoms with Gasteiger partial charge < -0.3 is 4.90 Å². The Morgan fingerprint density at radius 1 is 1.39 bits per heavy atom. The summed E-state index contributed by atoms with van der Waals surface area (Å²) in [5.41, 5.74) is 1.40. The molecule has 4 nitrogen and oxygen atoms in total. The first kappa shape index (κ1) is 13.6. The summed E-state index contributed by atoms with van der Waals surface area (Å²) in [5, 5.41) is 0.125. The third-order valence-corrected chi connectivity index (χ3v) is 4.84. The number of halogens is 2. The van der Waals surface area contributed by atoms with Gasteiger partial charge in [-0.2, -0.15) is 0 Å². The summed E-state index contributed by atoms with van der Waals surface area (Å²) in [6.45, 7) is 2.35. The Morgan fingerprint density at radius 3 is 2.61 bits per heavy atom. The third-order valence-electron chi connectivity index (χ3n) is 2.99. The van der Waals surface area contributed by atoms with Crippen LogP contribution in [0.25, 0.3) is 0 Å². The highest BCUT2D eigenvalue weighted by molar-refractivity contribution is 8.13. The van der Waals surface area contributed by atoms with Crippen LogP contribution in [0.3, 0.4) is 0 Å². The fraction of sp³-hybridized carbons (Fsp3) is 0.364. The van der Waals surface area contributed by atoms with Gasteiger partial charge in [-0.3, -0.25) is 4.79 Å². The average Bonchev–Trinajstić information content (AvgIpc) is 2.26. The Kier molecular flexibility index (Phi) is 3.58. The minimum atomic E-state index is -3.88. The summed E-state index contributed by atoms with van der Waals surface area (Å²) in [6.07, 6.45) is 0.441. The zero-order valence-corrected chi connectivity index (χ0v) is 11.9. The van der Waals surface area contributed by atoms with Crippen LogP contribution in [-0.4, -0.2) is 25.8 Å². The molecule has 0 saturated carbocycles. The molecule has 0 bridgehead atoms. The van der Waals surface area contributed by atoms with E-state index in [9.17, 15) is 13.2 Å². The smallest absolute Gasteiger partial charge is 0.263 e. The molecule has 0 aliphatic carbocycles. The molecule has 1 heterocycles. The first-order valence-corrected chi connectivity index (χ1v) is 8.00. The predicted molar refractivity (Wildman–Crippen MR) is 69.3 cm³/mol. The van der Waals surface area contributed by atoms with Crippen molar-refractivity contribution in [3.63, 3.8) is 0 Å². The number of hydrogen-bond donors (Lipinski definition) is 0. The van der Waals surface area contributed by atoms with Gasteiger partial charge in [-0.15, -0.1) is 0 Å². The lowest BCUT2D eigenvalue weighted by molar-refractivity contribution is -0.129. The normalized spacial score (nSPS) is 15.4. The highest BCUT2D eigenvalue weighted by Gasteiger charge is 2.27. The summed E-state index contributed by atoms with van der Waals surface area (Å²) in [4.78, 5) is 12.9. The number of hydrogen-bond acceptors (Lipinski definition) is 3. The van der Waals surface area contributed by atoms with E-state index in [0.29, 0.717) is 25.1 Å².